The van der Waals surface area contributed by atoms with Gasteiger partial charge in [0.25, 0.3) is 0 Å². The fourth-order valence-electron chi connectivity index (χ4n) is 4.70. The third-order valence-electron chi connectivity index (χ3n) is 6.53. The maximum Gasteiger partial charge on any atom is 0.220 e. The Labute approximate surface area is 138 Å². The first kappa shape index (κ1) is 14.8. The van der Waals surface area contributed by atoms with Gasteiger partial charge >= 0.3 is 0 Å². The average molecular weight is 310 g/mol. The van der Waals surface area contributed by atoms with Crippen molar-refractivity contribution < 1.29 is 4.74 Å². The van der Waals surface area contributed by atoms with E-state index in [1.165, 1.54) is 29.7 Å². The smallest absolute Gasteiger partial charge is 0.220 e. The predicted octanol–water partition coefficient (Wildman–Crippen LogP) is 4.75. The minimum Gasteiger partial charge on any atom is -0.478 e. The van der Waals surface area contributed by atoms with Crippen LogP contribution < -0.4 is 4.74 Å². The molecule has 2 aliphatic rings. The summed E-state index contributed by atoms with van der Waals surface area (Å²) in [5.74, 6) is 1.52. The van der Waals surface area contributed by atoms with Gasteiger partial charge in [-0.1, -0.05) is 38.5 Å². The number of nitrogens with zero attached hydrogens (tertiary/aromatic N) is 2. The van der Waals surface area contributed by atoms with Gasteiger partial charge in [-0.15, -0.1) is 0 Å². The fourth-order valence-corrected chi connectivity index (χ4v) is 4.70. The second-order valence-electron chi connectivity index (χ2n) is 7.89. The summed E-state index contributed by atoms with van der Waals surface area (Å²) < 4.78 is 8.12. The first-order chi connectivity index (χ1) is 10.9. The summed E-state index contributed by atoms with van der Waals surface area (Å²) in [6.07, 6.45) is 2.48. The van der Waals surface area contributed by atoms with Gasteiger partial charge in [0.15, 0.2) is 0 Å². The van der Waals surface area contributed by atoms with E-state index in [9.17, 15) is 0 Å². The van der Waals surface area contributed by atoms with E-state index in [0.717, 1.165) is 11.6 Å². The van der Waals surface area contributed by atoms with Crippen molar-refractivity contribution in [2.45, 2.75) is 58.8 Å². The molecule has 2 aromatic rings. The summed E-state index contributed by atoms with van der Waals surface area (Å²) in [6, 6.07) is 8.54. The molecule has 4 rings (SSSR count). The summed E-state index contributed by atoms with van der Waals surface area (Å²) >= 11 is 0. The Morgan fingerprint density at radius 3 is 2.57 bits per heavy atom. The lowest BCUT2D eigenvalue weighted by molar-refractivity contribution is 0.220. The monoisotopic (exact) mass is 310 g/mol. The molecule has 1 saturated carbocycles. The van der Waals surface area contributed by atoms with Crippen molar-refractivity contribution in [3.63, 3.8) is 0 Å². The Bertz CT molecular complexity index is 757. The van der Waals surface area contributed by atoms with Crippen molar-refractivity contribution >= 4 is 0 Å². The number of benzene rings is 1. The van der Waals surface area contributed by atoms with Crippen molar-refractivity contribution in [3.05, 3.63) is 41.1 Å². The van der Waals surface area contributed by atoms with Crippen LogP contribution in [0.1, 0.15) is 63.3 Å². The number of aromatic nitrogens is 2. The molecule has 3 heteroatoms. The number of fused-ring (bicyclic) bond motifs is 5. The second-order valence-corrected chi connectivity index (χ2v) is 7.89. The molecule has 2 atom stereocenters. The third-order valence-corrected chi connectivity index (χ3v) is 6.53. The van der Waals surface area contributed by atoms with E-state index in [-0.39, 0.29) is 10.8 Å². The maximum atomic E-state index is 6.10. The Balaban J connectivity index is 1.92. The van der Waals surface area contributed by atoms with Crippen molar-refractivity contribution in [1.29, 1.82) is 0 Å². The van der Waals surface area contributed by atoms with Crippen LogP contribution in [0.5, 0.6) is 5.88 Å². The van der Waals surface area contributed by atoms with Crippen LogP contribution in [-0.4, -0.2) is 16.4 Å². The van der Waals surface area contributed by atoms with E-state index in [1.807, 2.05) is 4.68 Å². The molecule has 0 saturated heterocycles. The largest absolute Gasteiger partial charge is 0.478 e. The van der Waals surface area contributed by atoms with Gasteiger partial charge in [0.1, 0.15) is 0 Å². The lowest BCUT2D eigenvalue weighted by atomic mass is 9.70. The molecule has 0 amide bonds. The van der Waals surface area contributed by atoms with Gasteiger partial charge in [-0.2, -0.15) is 5.10 Å². The van der Waals surface area contributed by atoms with E-state index < -0.39 is 0 Å². The molecule has 0 unspecified atom stereocenters. The van der Waals surface area contributed by atoms with Crippen LogP contribution in [-0.2, 0) is 5.41 Å². The minimum absolute atomic E-state index is 0.162. The number of rotatable bonds is 3. The lowest BCUT2D eigenvalue weighted by Crippen LogP contribution is -2.32. The van der Waals surface area contributed by atoms with Crippen LogP contribution in [0, 0.1) is 12.3 Å². The van der Waals surface area contributed by atoms with E-state index in [1.54, 1.807) is 0 Å². The SMILES string of the molecule is CCOc1c2c(nn1-c1ccc(C)cc1)[C@]1(C)CC[C@H]2C1(C)C. The van der Waals surface area contributed by atoms with Crippen LogP contribution in [0.4, 0.5) is 0 Å². The highest BCUT2D eigenvalue weighted by Crippen LogP contribution is 2.69. The molecule has 1 heterocycles. The first-order valence-corrected chi connectivity index (χ1v) is 8.73. The Hall–Kier alpha value is -1.77. The molecule has 1 aromatic heterocycles. The van der Waals surface area contributed by atoms with E-state index in [0.29, 0.717) is 12.5 Å². The summed E-state index contributed by atoms with van der Waals surface area (Å²) in [5, 5.41) is 5.05. The van der Waals surface area contributed by atoms with Crippen LogP contribution in [0.2, 0.25) is 0 Å². The first-order valence-electron chi connectivity index (χ1n) is 8.73. The van der Waals surface area contributed by atoms with Crippen molar-refractivity contribution in [2.75, 3.05) is 6.61 Å². The number of aryl methyl sites for hydroxylation is 1. The summed E-state index contributed by atoms with van der Waals surface area (Å²) in [4.78, 5) is 0. The second kappa shape index (κ2) is 4.62. The minimum atomic E-state index is 0.162. The molecule has 122 valence electrons. The van der Waals surface area contributed by atoms with Gasteiger partial charge in [-0.3, -0.25) is 0 Å². The van der Waals surface area contributed by atoms with Crippen molar-refractivity contribution in [1.82, 2.24) is 9.78 Å². The highest BCUT2D eigenvalue weighted by Gasteiger charge is 2.62. The molecule has 23 heavy (non-hydrogen) atoms. The molecule has 1 fully saturated rings. The van der Waals surface area contributed by atoms with E-state index in [4.69, 9.17) is 9.84 Å². The van der Waals surface area contributed by atoms with Gasteiger partial charge in [-0.25, -0.2) is 4.68 Å². The predicted molar refractivity (Wildman–Crippen MR) is 92.6 cm³/mol. The zero-order valence-electron chi connectivity index (χ0n) is 14.8. The average Bonchev–Trinajstić information content (AvgIpc) is 3.04. The summed E-state index contributed by atoms with van der Waals surface area (Å²) in [6.45, 7) is 12.0. The Kier molecular flexibility index (Phi) is 2.97. The van der Waals surface area contributed by atoms with Crippen LogP contribution in [0.25, 0.3) is 5.69 Å². The maximum absolute atomic E-state index is 6.10. The molecule has 0 aliphatic heterocycles. The molecular weight excluding hydrogens is 284 g/mol. The molecule has 1 aromatic carbocycles. The number of hydrogen-bond acceptors (Lipinski definition) is 2. The fraction of sp³-hybridized carbons (Fsp3) is 0.550. The van der Waals surface area contributed by atoms with Gasteiger partial charge in [0, 0.05) is 11.0 Å². The number of hydrogen-bond donors (Lipinski definition) is 0. The lowest BCUT2D eigenvalue weighted by Gasteiger charge is -2.34. The highest BCUT2D eigenvalue weighted by atomic mass is 16.5. The molecule has 3 nitrogen and oxygen atoms in total. The normalized spacial score (nSPS) is 27.3. The quantitative estimate of drug-likeness (QED) is 0.817. The van der Waals surface area contributed by atoms with E-state index in [2.05, 4.69) is 58.9 Å². The van der Waals surface area contributed by atoms with Gasteiger partial charge in [0.2, 0.25) is 5.88 Å². The summed E-state index contributed by atoms with van der Waals surface area (Å²) in [5.41, 5.74) is 5.42. The zero-order valence-corrected chi connectivity index (χ0v) is 14.8. The van der Waals surface area contributed by atoms with Crippen LogP contribution in [0.3, 0.4) is 0 Å². The topological polar surface area (TPSA) is 27.1 Å². The van der Waals surface area contributed by atoms with Crippen LogP contribution in [0.15, 0.2) is 24.3 Å². The molecule has 2 bridgehead atoms. The summed E-state index contributed by atoms with van der Waals surface area (Å²) in [7, 11) is 0. The molecule has 0 radical (unpaired) electrons. The third kappa shape index (κ3) is 1.74. The van der Waals surface area contributed by atoms with Gasteiger partial charge < -0.3 is 4.74 Å². The van der Waals surface area contributed by atoms with E-state index >= 15 is 0 Å². The Morgan fingerprint density at radius 1 is 1.22 bits per heavy atom. The Morgan fingerprint density at radius 2 is 1.91 bits per heavy atom. The van der Waals surface area contributed by atoms with Gasteiger partial charge in [-0.05, 0) is 50.2 Å². The van der Waals surface area contributed by atoms with Gasteiger partial charge in [0.05, 0.1) is 18.0 Å². The molecule has 2 aliphatic carbocycles. The van der Waals surface area contributed by atoms with Crippen molar-refractivity contribution in [2.24, 2.45) is 5.41 Å². The van der Waals surface area contributed by atoms with Crippen LogP contribution >= 0.6 is 0 Å². The highest BCUT2D eigenvalue weighted by molar-refractivity contribution is 5.53. The standard InChI is InChI=1S/C20H26N2O/c1-6-23-18-16-15-11-12-20(5,19(15,3)4)17(16)21-22(18)14-9-7-13(2)8-10-14/h7-10,15H,6,11-12H2,1-5H3/t15-,20+/m1/s1. The molecular formula is C20H26N2O. The zero-order chi connectivity index (χ0) is 16.4. The molecule has 0 spiro atoms. The molecule has 0 N–H and O–H groups in total. The number of ether oxygens (including phenoxy) is 1. The van der Waals surface area contributed by atoms with Crippen molar-refractivity contribution in [3.8, 4) is 11.6 Å².